The third-order valence-electron chi connectivity index (χ3n) is 5.06. The summed E-state index contributed by atoms with van der Waals surface area (Å²) >= 11 is 0. The molecule has 25 heavy (non-hydrogen) atoms. The lowest BCUT2D eigenvalue weighted by Gasteiger charge is -2.34. The van der Waals surface area contributed by atoms with Gasteiger partial charge in [0, 0.05) is 12.7 Å². The molecule has 1 fully saturated rings. The number of hydrogen-bond donors (Lipinski definition) is 2. The zero-order chi connectivity index (χ0) is 17.1. The van der Waals surface area contributed by atoms with Crippen molar-refractivity contribution in [3.8, 4) is 0 Å². The van der Waals surface area contributed by atoms with Crippen LogP contribution in [0, 0.1) is 13.8 Å². The molecule has 9 heteroatoms. The first kappa shape index (κ1) is 17.6. The highest BCUT2D eigenvalue weighted by molar-refractivity contribution is 5.85. The first-order valence-corrected chi connectivity index (χ1v) is 8.06. The molecule has 1 saturated carbocycles. The summed E-state index contributed by atoms with van der Waals surface area (Å²) in [4.78, 5) is 21.2. The van der Waals surface area contributed by atoms with E-state index in [1.807, 2.05) is 13.8 Å². The van der Waals surface area contributed by atoms with Crippen molar-refractivity contribution in [2.45, 2.75) is 45.1 Å². The van der Waals surface area contributed by atoms with Gasteiger partial charge in [-0.05, 0) is 44.2 Å². The second-order valence-corrected chi connectivity index (χ2v) is 6.70. The van der Waals surface area contributed by atoms with E-state index >= 15 is 0 Å². The molecule has 0 bridgehead atoms. The van der Waals surface area contributed by atoms with Crippen molar-refractivity contribution in [3.63, 3.8) is 0 Å². The highest BCUT2D eigenvalue weighted by atomic mass is 35.5. The minimum Gasteiger partial charge on any atom is -0.339 e. The molecular formula is C16H21ClN6O2. The number of aromatic nitrogens is 5. The van der Waals surface area contributed by atoms with Crippen molar-refractivity contribution >= 4 is 23.4 Å². The maximum absolute atomic E-state index is 12.1. The van der Waals surface area contributed by atoms with Crippen molar-refractivity contribution in [2.75, 3.05) is 0 Å². The van der Waals surface area contributed by atoms with E-state index in [0.717, 1.165) is 36.1 Å². The number of rotatable bonds is 3. The molecule has 0 aliphatic heterocycles. The molecule has 3 N–H and O–H groups in total. The Morgan fingerprint density at radius 2 is 2.04 bits per heavy atom. The number of nitrogens with zero attached hydrogens (tertiary/aromatic N) is 4. The molecule has 0 aromatic carbocycles. The van der Waals surface area contributed by atoms with E-state index in [-0.39, 0.29) is 18.0 Å². The van der Waals surface area contributed by atoms with Gasteiger partial charge in [0.2, 0.25) is 5.89 Å². The zero-order valence-corrected chi connectivity index (χ0v) is 15.2. The Labute approximate surface area is 150 Å². The molecule has 1 aliphatic carbocycles. The van der Waals surface area contributed by atoms with Gasteiger partial charge in [0.15, 0.2) is 11.5 Å². The largest absolute Gasteiger partial charge is 0.339 e. The maximum Gasteiger partial charge on any atom is 0.273 e. The van der Waals surface area contributed by atoms with Gasteiger partial charge in [0.1, 0.15) is 0 Å². The summed E-state index contributed by atoms with van der Waals surface area (Å²) in [6.07, 6.45) is 3.31. The van der Waals surface area contributed by atoms with Crippen LogP contribution >= 0.6 is 12.4 Å². The Hall–Kier alpha value is -2.19. The molecular weight excluding hydrogens is 344 g/mol. The van der Waals surface area contributed by atoms with Crippen molar-refractivity contribution in [1.82, 2.24) is 24.9 Å². The summed E-state index contributed by atoms with van der Waals surface area (Å²) in [5.41, 5.74) is 9.00. The fraction of sp³-hybridized carbons (Fsp3) is 0.500. The van der Waals surface area contributed by atoms with Crippen molar-refractivity contribution < 1.29 is 4.52 Å². The summed E-state index contributed by atoms with van der Waals surface area (Å²) in [7, 11) is 1.78. The van der Waals surface area contributed by atoms with E-state index in [0.29, 0.717) is 29.2 Å². The average molecular weight is 365 g/mol. The first-order chi connectivity index (χ1) is 11.4. The van der Waals surface area contributed by atoms with Gasteiger partial charge in [-0.3, -0.25) is 14.6 Å². The lowest BCUT2D eigenvalue weighted by molar-refractivity contribution is 0.229. The Kier molecular flexibility index (Phi) is 4.20. The Bertz CT molecular complexity index is 998. The second kappa shape index (κ2) is 5.96. The van der Waals surface area contributed by atoms with Gasteiger partial charge in [0.05, 0.1) is 17.3 Å². The number of halogens is 1. The van der Waals surface area contributed by atoms with Gasteiger partial charge in [0.25, 0.3) is 5.56 Å². The van der Waals surface area contributed by atoms with Crippen LogP contribution in [-0.2, 0) is 19.0 Å². The summed E-state index contributed by atoms with van der Waals surface area (Å²) < 4.78 is 7.03. The number of H-pyrrole nitrogens is 1. The fourth-order valence-electron chi connectivity index (χ4n) is 3.37. The van der Waals surface area contributed by atoms with Crippen molar-refractivity contribution in [3.05, 3.63) is 38.9 Å². The predicted octanol–water partition coefficient (Wildman–Crippen LogP) is 1.61. The highest BCUT2D eigenvalue weighted by Gasteiger charge is 2.39. The molecule has 0 radical (unpaired) electrons. The lowest BCUT2D eigenvalue weighted by atomic mass is 9.77. The molecule has 3 aromatic heterocycles. The van der Waals surface area contributed by atoms with E-state index in [1.54, 1.807) is 11.7 Å². The van der Waals surface area contributed by atoms with Crippen LogP contribution in [0.2, 0.25) is 0 Å². The zero-order valence-electron chi connectivity index (χ0n) is 14.4. The number of nitrogens with one attached hydrogen (secondary N) is 1. The first-order valence-electron chi connectivity index (χ1n) is 8.06. The summed E-state index contributed by atoms with van der Waals surface area (Å²) in [6.45, 7) is 3.85. The summed E-state index contributed by atoms with van der Waals surface area (Å²) in [5.74, 6) is 1.08. The van der Waals surface area contributed by atoms with Gasteiger partial charge in [-0.1, -0.05) is 5.16 Å². The number of pyridine rings is 1. The SMILES string of the molecule is Cc1nc2c(c(C)c1Cc1nc(C3(N)CCC3)no1)c(=O)[nH]n2C.Cl. The average Bonchev–Trinajstić information content (AvgIpc) is 3.07. The van der Waals surface area contributed by atoms with E-state index < -0.39 is 5.54 Å². The van der Waals surface area contributed by atoms with Crippen LogP contribution in [0.25, 0.3) is 11.0 Å². The molecule has 134 valence electrons. The van der Waals surface area contributed by atoms with Gasteiger partial charge in [-0.15, -0.1) is 12.4 Å². The van der Waals surface area contributed by atoms with Gasteiger partial charge in [-0.2, -0.15) is 4.98 Å². The minimum absolute atomic E-state index is 0. The number of hydrogen-bond acceptors (Lipinski definition) is 6. The number of aromatic amines is 1. The van der Waals surface area contributed by atoms with Gasteiger partial charge in [-0.25, -0.2) is 4.98 Å². The van der Waals surface area contributed by atoms with Crippen LogP contribution in [0.4, 0.5) is 0 Å². The van der Waals surface area contributed by atoms with E-state index in [2.05, 4.69) is 20.2 Å². The quantitative estimate of drug-likeness (QED) is 0.729. The highest BCUT2D eigenvalue weighted by Crippen LogP contribution is 2.37. The van der Waals surface area contributed by atoms with Crippen LogP contribution < -0.4 is 11.3 Å². The summed E-state index contributed by atoms with van der Waals surface area (Å²) in [6, 6.07) is 0. The topological polar surface area (TPSA) is 116 Å². The Morgan fingerprint density at radius 3 is 2.68 bits per heavy atom. The van der Waals surface area contributed by atoms with Gasteiger partial charge >= 0.3 is 0 Å². The molecule has 3 heterocycles. The van der Waals surface area contributed by atoms with Crippen LogP contribution in [0.3, 0.4) is 0 Å². The number of nitrogens with two attached hydrogens (primary N) is 1. The van der Waals surface area contributed by atoms with Crippen molar-refractivity contribution in [1.29, 1.82) is 0 Å². The van der Waals surface area contributed by atoms with E-state index in [9.17, 15) is 4.79 Å². The maximum atomic E-state index is 12.1. The molecule has 0 spiro atoms. The number of fused-ring (bicyclic) bond motifs is 1. The third-order valence-corrected chi connectivity index (χ3v) is 5.06. The molecule has 1 aliphatic rings. The van der Waals surface area contributed by atoms with E-state index in [1.165, 1.54) is 0 Å². The van der Waals surface area contributed by atoms with Crippen LogP contribution in [-0.4, -0.2) is 24.9 Å². The third kappa shape index (κ3) is 2.65. The molecule has 4 rings (SSSR count). The van der Waals surface area contributed by atoms with Crippen molar-refractivity contribution in [2.24, 2.45) is 12.8 Å². The Balaban J connectivity index is 0.00000182. The summed E-state index contributed by atoms with van der Waals surface area (Å²) in [5, 5.41) is 7.39. The molecule has 0 saturated heterocycles. The normalized spacial score (nSPS) is 15.8. The second-order valence-electron chi connectivity index (χ2n) is 6.70. The molecule has 0 unspecified atom stereocenters. The van der Waals surface area contributed by atoms with Crippen LogP contribution in [0.1, 0.15) is 47.8 Å². The Morgan fingerprint density at radius 1 is 1.32 bits per heavy atom. The monoisotopic (exact) mass is 364 g/mol. The lowest BCUT2D eigenvalue weighted by Crippen LogP contribution is -2.44. The number of aryl methyl sites for hydroxylation is 3. The molecule has 3 aromatic rings. The molecule has 0 atom stereocenters. The smallest absolute Gasteiger partial charge is 0.273 e. The molecule has 0 amide bonds. The predicted molar refractivity (Wildman–Crippen MR) is 94.9 cm³/mol. The van der Waals surface area contributed by atoms with Crippen LogP contribution in [0.5, 0.6) is 0 Å². The van der Waals surface area contributed by atoms with Gasteiger partial charge < -0.3 is 10.3 Å². The minimum atomic E-state index is -0.440. The molecule has 8 nitrogen and oxygen atoms in total. The van der Waals surface area contributed by atoms with Crippen LogP contribution in [0.15, 0.2) is 9.32 Å². The standard InChI is InChI=1S/C16H20N6O2.ClH/c1-8-10(9(2)18-13-12(8)14(23)20-22(13)3)7-11-19-15(21-24-11)16(17)5-4-6-16;/h4-7,17H2,1-3H3,(H,20,23);1H. The van der Waals surface area contributed by atoms with E-state index in [4.69, 9.17) is 10.3 Å². The fourth-order valence-corrected chi connectivity index (χ4v) is 3.37.